The normalized spacial score (nSPS) is 10.4. The van der Waals surface area contributed by atoms with Crippen LogP contribution in [0.5, 0.6) is 0 Å². The van der Waals surface area contributed by atoms with Crippen LogP contribution in [0.4, 0.5) is 5.69 Å². The summed E-state index contributed by atoms with van der Waals surface area (Å²) in [6.45, 7) is 7.99. The molecule has 0 atom stereocenters. The molecule has 94 valence electrons. The second kappa shape index (κ2) is 4.94. The molecule has 2 rings (SSSR count). The Kier molecular flexibility index (Phi) is 3.53. The van der Waals surface area contributed by atoms with Gasteiger partial charge in [0.2, 0.25) is 5.91 Å². The van der Waals surface area contributed by atoms with E-state index in [9.17, 15) is 4.79 Å². The van der Waals surface area contributed by atoms with Gasteiger partial charge in [0.05, 0.1) is 0 Å². The van der Waals surface area contributed by atoms with E-state index in [0.29, 0.717) is 0 Å². The van der Waals surface area contributed by atoms with Crippen molar-refractivity contribution in [2.75, 3.05) is 5.32 Å². The molecule has 0 bridgehead atoms. The fourth-order valence-corrected chi connectivity index (χ4v) is 3.23. The highest BCUT2D eigenvalue weighted by molar-refractivity contribution is 7.12. The van der Waals surface area contributed by atoms with Crippen LogP contribution in [0.3, 0.4) is 0 Å². The number of amides is 1. The van der Waals surface area contributed by atoms with Crippen LogP contribution >= 0.6 is 11.3 Å². The molecule has 0 fully saturated rings. The SMILES string of the molecule is CC(=O)Nc1ccc(-c2c(C)sc(C)c2C)cc1. The molecule has 2 aromatic rings. The lowest BCUT2D eigenvalue weighted by Gasteiger charge is -2.06. The second-order valence-electron chi connectivity index (χ2n) is 4.47. The lowest BCUT2D eigenvalue weighted by atomic mass is 10.0. The summed E-state index contributed by atoms with van der Waals surface area (Å²) in [4.78, 5) is 13.7. The van der Waals surface area contributed by atoms with Crippen molar-refractivity contribution >= 4 is 22.9 Å². The quantitative estimate of drug-likeness (QED) is 0.856. The summed E-state index contributed by atoms with van der Waals surface area (Å²) in [6.07, 6.45) is 0. The summed E-state index contributed by atoms with van der Waals surface area (Å²) < 4.78 is 0. The topological polar surface area (TPSA) is 29.1 Å². The summed E-state index contributed by atoms with van der Waals surface area (Å²) in [5, 5.41) is 2.78. The molecule has 1 aromatic carbocycles. The third kappa shape index (κ3) is 2.46. The summed E-state index contributed by atoms with van der Waals surface area (Å²) in [6, 6.07) is 8.02. The standard InChI is InChI=1S/C15H17NOS/c1-9-10(2)18-11(3)15(9)13-5-7-14(8-6-13)16-12(4)17/h5-8H,1-4H3,(H,16,17). The molecule has 3 heteroatoms. The van der Waals surface area contributed by atoms with Crippen molar-refractivity contribution in [1.82, 2.24) is 0 Å². The van der Waals surface area contributed by atoms with Gasteiger partial charge in [-0.15, -0.1) is 11.3 Å². The molecule has 0 saturated carbocycles. The summed E-state index contributed by atoms with van der Waals surface area (Å²) in [7, 11) is 0. The average molecular weight is 259 g/mol. The van der Waals surface area contributed by atoms with E-state index in [-0.39, 0.29) is 5.91 Å². The number of rotatable bonds is 2. The summed E-state index contributed by atoms with van der Waals surface area (Å²) in [5.41, 5.74) is 4.73. The van der Waals surface area contributed by atoms with E-state index in [1.165, 1.54) is 33.4 Å². The van der Waals surface area contributed by atoms with Gasteiger partial charge in [-0.3, -0.25) is 4.79 Å². The molecule has 18 heavy (non-hydrogen) atoms. The zero-order chi connectivity index (χ0) is 13.3. The van der Waals surface area contributed by atoms with Crippen molar-refractivity contribution in [3.63, 3.8) is 0 Å². The van der Waals surface area contributed by atoms with Crippen LogP contribution in [0.2, 0.25) is 0 Å². The van der Waals surface area contributed by atoms with Gasteiger partial charge in [0.15, 0.2) is 0 Å². The number of nitrogens with one attached hydrogen (secondary N) is 1. The molecule has 1 N–H and O–H groups in total. The predicted molar refractivity (Wildman–Crippen MR) is 78.3 cm³/mol. The maximum absolute atomic E-state index is 11.0. The van der Waals surface area contributed by atoms with Gasteiger partial charge in [0, 0.05) is 22.4 Å². The first-order chi connectivity index (χ1) is 8.49. The van der Waals surface area contributed by atoms with E-state index in [1.54, 1.807) is 0 Å². The Hall–Kier alpha value is -1.61. The van der Waals surface area contributed by atoms with Crippen LogP contribution in [0, 0.1) is 20.8 Å². The third-order valence-electron chi connectivity index (χ3n) is 3.06. The van der Waals surface area contributed by atoms with Crippen molar-refractivity contribution in [3.05, 3.63) is 39.6 Å². The highest BCUT2D eigenvalue weighted by Crippen LogP contribution is 2.35. The molecule has 0 aliphatic rings. The van der Waals surface area contributed by atoms with Crippen LogP contribution in [-0.4, -0.2) is 5.91 Å². The van der Waals surface area contributed by atoms with Crippen molar-refractivity contribution < 1.29 is 4.79 Å². The molecule has 0 spiro atoms. The monoisotopic (exact) mass is 259 g/mol. The molecule has 0 aliphatic heterocycles. The summed E-state index contributed by atoms with van der Waals surface area (Å²) in [5.74, 6) is -0.0403. The van der Waals surface area contributed by atoms with E-state index < -0.39 is 0 Å². The predicted octanol–water partition coefficient (Wildman–Crippen LogP) is 4.30. The highest BCUT2D eigenvalue weighted by atomic mass is 32.1. The maximum atomic E-state index is 11.0. The Morgan fingerprint density at radius 1 is 1.06 bits per heavy atom. The number of carbonyl (C=O) groups is 1. The van der Waals surface area contributed by atoms with Gasteiger partial charge >= 0.3 is 0 Å². The van der Waals surface area contributed by atoms with E-state index in [1.807, 2.05) is 23.5 Å². The van der Waals surface area contributed by atoms with Crippen LogP contribution in [0.1, 0.15) is 22.2 Å². The fraction of sp³-hybridized carbons (Fsp3) is 0.267. The fourth-order valence-electron chi connectivity index (χ4n) is 2.14. The molecular formula is C15H17NOS. The van der Waals surface area contributed by atoms with Crippen LogP contribution in [0.25, 0.3) is 11.1 Å². The maximum Gasteiger partial charge on any atom is 0.221 e. The Morgan fingerprint density at radius 3 is 2.11 bits per heavy atom. The van der Waals surface area contributed by atoms with Crippen LogP contribution in [0.15, 0.2) is 24.3 Å². The zero-order valence-electron chi connectivity index (χ0n) is 11.1. The molecular weight excluding hydrogens is 242 g/mol. The molecule has 0 saturated heterocycles. The smallest absolute Gasteiger partial charge is 0.221 e. The third-order valence-corrected chi connectivity index (χ3v) is 4.18. The number of hydrogen-bond acceptors (Lipinski definition) is 2. The molecule has 0 unspecified atom stereocenters. The van der Waals surface area contributed by atoms with E-state index in [4.69, 9.17) is 0 Å². The number of aryl methyl sites for hydroxylation is 2. The van der Waals surface area contributed by atoms with Crippen molar-refractivity contribution in [3.8, 4) is 11.1 Å². The number of hydrogen-bond donors (Lipinski definition) is 1. The van der Waals surface area contributed by atoms with Gasteiger partial charge in [-0.25, -0.2) is 0 Å². The van der Waals surface area contributed by atoms with Crippen LogP contribution < -0.4 is 5.32 Å². The number of thiophene rings is 1. The minimum absolute atomic E-state index is 0.0403. The van der Waals surface area contributed by atoms with Gasteiger partial charge in [0.25, 0.3) is 0 Å². The van der Waals surface area contributed by atoms with E-state index in [2.05, 4.69) is 38.2 Å². The van der Waals surface area contributed by atoms with Crippen molar-refractivity contribution in [2.45, 2.75) is 27.7 Å². The second-order valence-corrected chi connectivity index (χ2v) is 5.90. The van der Waals surface area contributed by atoms with Gasteiger partial charge in [-0.1, -0.05) is 12.1 Å². The number of benzene rings is 1. The van der Waals surface area contributed by atoms with Gasteiger partial charge in [-0.2, -0.15) is 0 Å². The molecule has 2 nitrogen and oxygen atoms in total. The van der Waals surface area contributed by atoms with Crippen molar-refractivity contribution in [1.29, 1.82) is 0 Å². The molecule has 1 amide bonds. The van der Waals surface area contributed by atoms with E-state index >= 15 is 0 Å². The largest absolute Gasteiger partial charge is 0.326 e. The van der Waals surface area contributed by atoms with Gasteiger partial charge in [0.1, 0.15) is 0 Å². The molecule has 0 radical (unpaired) electrons. The first kappa shape index (κ1) is 12.8. The first-order valence-corrected chi connectivity index (χ1v) is 6.75. The number of carbonyl (C=O) groups excluding carboxylic acids is 1. The molecule has 0 aliphatic carbocycles. The lowest BCUT2D eigenvalue weighted by Crippen LogP contribution is -2.05. The minimum Gasteiger partial charge on any atom is -0.326 e. The first-order valence-electron chi connectivity index (χ1n) is 5.93. The summed E-state index contributed by atoms with van der Waals surface area (Å²) >= 11 is 1.84. The average Bonchev–Trinajstić information content (AvgIpc) is 2.54. The van der Waals surface area contributed by atoms with E-state index in [0.717, 1.165) is 5.69 Å². The van der Waals surface area contributed by atoms with Gasteiger partial charge in [-0.05, 0) is 49.6 Å². The lowest BCUT2D eigenvalue weighted by molar-refractivity contribution is -0.114. The Morgan fingerprint density at radius 2 is 1.67 bits per heavy atom. The van der Waals surface area contributed by atoms with Crippen LogP contribution in [-0.2, 0) is 4.79 Å². The number of anilines is 1. The zero-order valence-corrected chi connectivity index (χ0v) is 11.9. The Labute approximate surface area is 112 Å². The Bertz CT molecular complexity index is 581. The minimum atomic E-state index is -0.0403. The molecule has 1 aromatic heterocycles. The van der Waals surface area contributed by atoms with Gasteiger partial charge < -0.3 is 5.32 Å². The van der Waals surface area contributed by atoms with Crippen molar-refractivity contribution in [2.24, 2.45) is 0 Å². The highest BCUT2D eigenvalue weighted by Gasteiger charge is 2.11. The molecule has 1 heterocycles. The Balaban J connectivity index is 2.37.